The zero-order chi connectivity index (χ0) is 14.3. The Morgan fingerprint density at radius 1 is 1.11 bits per heavy atom. The van der Waals surface area contributed by atoms with Gasteiger partial charge in [-0.2, -0.15) is 0 Å². The van der Waals surface area contributed by atoms with Crippen LogP contribution in [0.25, 0.3) is 0 Å². The SMILES string of the molecule is CC1(C)CC(Nc2cccc(Cl)c2Cl)CC(C)(C)N1. The zero-order valence-corrected chi connectivity index (χ0v) is 13.5. The Morgan fingerprint density at radius 3 is 2.26 bits per heavy atom. The lowest BCUT2D eigenvalue weighted by molar-refractivity contribution is 0.170. The zero-order valence-electron chi connectivity index (χ0n) is 12.0. The molecule has 4 heteroatoms. The van der Waals surface area contributed by atoms with Gasteiger partial charge in [0.25, 0.3) is 0 Å². The van der Waals surface area contributed by atoms with Gasteiger partial charge in [0.1, 0.15) is 0 Å². The average molecular weight is 301 g/mol. The minimum atomic E-state index is 0.116. The summed E-state index contributed by atoms with van der Waals surface area (Å²) in [6, 6.07) is 6.11. The molecule has 0 bridgehead atoms. The summed E-state index contributed by atoms with van der Waals surface area (Å²) in [7, 11) is 0. The Bertz CT molecular complexity index is 453. The maximum absolute atomic E-state index is 6.24. The molecule has 0 spiro atoms. The number of piperidine rings is 1. The van der Waals surface area contributed by atoms with Crippen molar-refractivity contribution < 1.29 is 0 Å². The number of hydrogen-bond acceptors (Lipinski definition) is 2. The largest absolute Gasteiger partial charge is 0.381 e. The maximum Gasteiger partial charge on any atom is 0.0823 e. The highest BCUT2D eigenvalue weighted by Crippen LogP contribution is 2.34. The van der Waals surface area contributed by atoms with Gasteiger partial charge in [-0.25, -0.2) is 0 Å². The second-order valence-corrected chi connectivity index (χ2v) is 7.53. The van der Waals surface area contributed by atoms with Crippen LogP contribution in [0.15, 0.2) is 18.2 Å². The molecule has 0 saturated carbocycles. The summed E-state index contributed by atoms with van der Waals surface area (Å²) >= 11 is 12.3. The van der Waals surface area contributed by atoms with Crippen LogP contribution >= 0.6 is 23.2 Å². The van der Waals surface area contributed by atoms with Crippen LogP contribution in [0.2, 0.25) is 10.0 Å². The summed E-state index contributed by atoms with van der Waals surface area (Å²) in [5.74, 6) is 0. The van der Waals surface area contributed by atoms with Crippen molar-refractivity contribution in [3.8, 4) is 0 Å². The number of rotatable bonds is 2. The number of nitrogens with one attached hydrogen (secondary N) is 2. The van der Waals surface area contributed by atoms with E-state index < -0.39 is 0 Å². The van der Waals surface area contributed by atoms with Crippen LogP contribution in [0, 0.1) is 0 Å². The molecule has 0 atom stereocenters. The highest BCUT2D eigenvalue weighted by Gasteiger charge is 2.37. The Balaban J connectivity index is 2.16. The van der Waals surface area contributed by atoms with Crippen molar-refractivity contribution in [2.45, 2.75) is 57.7 Å². The molecule has 1 aliphatic heterocycles. The molecule has 0 aromatic heterocycles. The summed E-state index contributed by atoms with van der Waals surface area (Å²) in [6.45, 7) is 8.95. The molecule has 1 saturated heterocycles. The molecule has 0 unspecified atom stereocenters. The van der Waals surface area contributed by atoms with Crippen molar-refractivity contribution >= 4 is 28.9 Å². The molecule has 0 radical (unpaired) electrons. The number of anilines is 1. The predicted octanol–water partition coefficient (Wildman–Crippen LogP) is 4.71. The molecule has 1 aromatic carbocycles. The molecule has 1 aliphatic rings. The minimum absolute atomic E-state index is 0.116. The van der Waals surface area contributed by atoms with Gasteiger partial charge in [-0.15, -0.1) is 0 Å². The molecular weight excluding hydrogens is 279 g/mol. The molecule has 0 amide bonds. The first-order valence-electron chi connectivity index (χ1n) is 6.68. The van der Waals surface area contributed by atoms with E-state index in [0.29, 0.717) is 16.1 Å². The Kier molecular flexibility index (Phi) is 4.06. The first-order chi connectivity index (χ1) is 8.69. The van der Waals surface area contributed by atoms with Crippen LogP contribution in [0.1, 0.15) is 40.5 Å². The van der Waals surface area contributed by atoms with Gasteiger partial charge in [-0.1, -0.05) is 29.3 Å². The highest BCUT2D eigenvalue weighted by atomic mass is 35.5. The molecule has 2 N–H and O–H groups in total. The van der Waals surface area contributed by atoms with E-state index in [1.54, 1.807) is 0 Å². The molecule has 1 aromatic rings. The van der Waals surface area contributed by atoms with E-state index in [1.807, 2.05) is 18.2 Å². The summed E-state index contributed by atoms with van der Waals surface area (Å²) in [4.78, 5) is 0. The number of hydrogen-bond donors (Lipinski definition) is 2. The number of halogens is 2. The first kappa shape index (κ1) is 15.0. The fraction of sp³-hybridized carbons (Fsp3) is 0.600. The van der Waals surface area contributed by atoms with Gasteiger partial charge < -0.3 is 10.6 Å². The van der Waals surface area contributed by atoms with Crippen molar-refractivity contribution in [2.75, 3.05) is 5.32 Å². The van der Waals surface area contributed by atoms with Crippen LogP contribution < -0.4 is 10.6 Å². The predicted molar refractivity (Wildman–Crippen MR) is 84.4 cm³/mol. The van der Waals surface area contributed by atoms with Crippen LogP contribution in [-0.2, 0) is 0 Å². The highest BCUT2D eigenvalue weighted by molar-refractivity contribution is 6.43. The summed E-state index contributed by atoms with van der Waals surface area (Å²) in [5, 5.41) is 8.43. The van der Waals surface area contributed by atoms with E-state index in [1.165, 1.54) is 0 Å². The van der Waals surface area contributed by atoms with Crippen molar-refractivity contribution in [3.63, 3.8) is 0 Å². The number of benzene rings is 1. The third-order valence-electron chi connectivity index (χ3n) is 3.50. The molecule has 19 heavy (non-hydrogen) atoms. The van der Waals surface area contributed by atoms with Gasteiger partial charge in [0, 0.05) is 17.1 Å². The summed E-state index contributed by atoms with van der Waals surface area (Å²) in [5.41, 5.74) is 1.15. The normalized spacial score (nSPS) is 22.2. The van der Waals surface area contributed by atoms with Gasteiger partial charge in [0.2, 0.25) is 0 Å². The molecule has 0 aliphatic carbocycles. The van der Waals surface area contributed by atoms with E-state index in [0.717, 1.165) is 18.5 Å². The minimum Gasteiger partial charge on any atom is -0.381 e. The van der Waals surface area contributed by atoms with Crippen molar-refractivity contribution in [1.82, 2.24) is 5.32 Å². The molecule has 1 heterocycles. The molecule has 1 fully saturated rings. The van der Waals surface area contributed by atoms with Crippen LogP contribution in [0.4, 0.5) is 5.69 Å². The van der Waals surface area contributed by atoms with E-state index in [4.69, 9.17) is 23.2 Å². The van der Waals surface area contributed by atoms with E-state index in [-0.39, 0.29) is 11.1 Å². The Morgan fingerprint density at radius 2 is 1.68 bits per heavy atom. The van der Waals surface area contributed by atoms with Crippen LogP contribution in [-0.4, -0.2) is 17.1 Å². The van der Waals surface area contributed by atoms with Gasteiger partial charge in [0.15, 0.2) is 0 Å². The smallest absolute Gasteiger partial charge is 0.0823 e. The van der Waals surface area contributed by atoms with Crippen molar-refractivity contribution in [3.05, 3.63) is 28.2 Å². The van der Waals surface area contributed by atoms with E-state index >= 15 is 0 Å². The summed E-state index contributed by atoms with van der Waals surface area (Å²) in [6.07, 6.45) is 2.11. The molecule has 106 valence electrons. The lowest BCUT2D eigenvalue weighted by Crippen LogP contribution is -2.60. The van der Waals surface area contributed by atoms with Gasteiger partial charge in [-0.3, -0.25) is 0 Å². The van der Waals surface area contributed by atoms with Gasteiger partial charge >= 0.3 is 0 Å². The fourth-order valence-corrected chi connectivity index (χ4v) is 3.61. The molecular formula is C15H22Cl2N2. The quantitative estimate of drug-likeness (QED) is 0.826. The second-order valence-electron chi connectivity index (χ2n) is 6.74. The van der Waals surface area contributed by atoms with Gasteiger partial charge in [-0.05, 0) is 52.7 Å². The monoisotopic (exact) mass is 300 g/mol. The standard InChI is InChI=1S/C15H22Cl2N2/c1-14(2)8-10(9-15(3,4)19-14)18-12-7-5-6-11(16)13(12)17/h5-7,10,18-19H,8-9H2,1-4H3. The van der Waals surface area contributed by atoms with E-state index in [2.05, 4.69) is 38.3 Å². The molecule has 2 rings (SSSR count). The topological polar surface area (TPSA) is 24.1 Å². The first-order valence-corrected chi connectivity index (χ1v) is 7.44. The maximum atomic E-state index is 6.24. The average Bonchev–Trinajstić information content (AvgIpc) is 2.20. The summed E-state index contributed by atoms with van der Waals surface area (Å²) < 4.78 is 0. The second kappa shape index (κ2) is 5.16. The van der Waals surface area contributed by atoms with Crippen LogP contribution in [0.3, 0.4) is 0 Å². The van der Waals surface area contributed by atoms with Crippen LogP contribution in [0.5, 0.6) is 0 Å². The van der Waals surface area contributed by atoms with Crippen molar-refractivity contribution in [1.29, 1.82) is 0 Å². The Labute approximate surface area is 125 Å². The van der Waals surface area contributed by atoms with E-state index in [9.17, 15) is 0 Å². The third kappa shape index (κ3) is 3.77. The molecule has 2 nitrogen and oxygen atoms in total. The Hall–Kier alpha value is -0.440. The lowest BCUT2D eigenvalue weighted by Gasteiger charge is -2.47. The van der Waals surface area contributed by atoms with Crippen molar-refractivity contribution in [2.24, 2.45) is 0 Å². The lowest BCUT2D eigenvalue weighted by atomic mass is 9.79. The van der Waals surface area contributed by atoms with Gasteiger partial charge in [0.05, 0.1) is 15.7 Å². The third-order valence-corrected chi connectivity index (χ3v) is 4.32. The fourth-order valence-electron chi connectivity index (χ4n) is 3.26.